The molecule has 1 fully saturated rings. The van der Waals surface area contributed by atoms with Gasteiger partial charge in [0.1, 0.15) is 0 Å². The maximum absolute atomic E-state index is 11.7. The molecule has 0 spiro atoms. The number of para-hydroxylation sites is 1. The molecule has 2 heterocycles. The van der Waals surface area contributed by atoms with Crippen LogP contribution >= 0.6 is 0 Å². The molecule has 4 rings (SSSR count). The van der Waals surface area contributed by atoms with Crippen molar-refractivity contribution in [3.8, 4) is 0 Å². The molecule has 1 atom stereocenters. The molecule has 9 nitrogen and oxygen atoms in total. The van der Waals surface area contributed by atoms with Crippen molar-refractivity contribution in [1.82, 2.24) is 15.0 Å². The molecule has 3 aromatic rings. The molecule has 1 aliphatic rings. The van der Waals surface area contributed by atoms with Crippen molar-refractivity contribution in [2.75, 3.05) is 47.1 Å². The Labute approximate surface area is 213 Å². The van der Waals surface area contributed by atoms with Crippen LogP contribution in [0.25, 0.3) is 0 Å². The number of hydrogen-bond donors (Lipinski definition) is 3. The zero-order valence-corrected chi connectivity index (χ0v) is 21.7. The molecule has 36 heavy (non-hydrogen) atoms. The molecular formula is C27H36N8O. The highest BCUT2D eigenvalue weighted by Gasteiger charge is 2.24. The number of rotatable bonds is 8. The summed E-state index contributed by atoms with van der Waals surface area (Å²) in [7, 11) is 1.99. The zero-order chi connectivity index (χ0) is 25.9. The van der Waals surface area contributed by atoms with Crippen LogP contribution in [0.15, 0.2) is 48.5 Å². The fourth-order valence-electron chi connectivity index (χ4n) is 4.40. The zero-order valence-electron chi connectivity index (χ0n) is 21.7. The summed E-state index contributed by atoms with van der Waals surface area (Å²) in [4.78, 5) is 30.2. The molecule has 190 valence electrons. The average molecular weight is 489 g/mol. The van der Waals surface area contributed by atoms with Gasteiger partial charge in [-0.2, -0.15) is 15.0 Å². The largest absolute Gasteiger partial charge is 0.369 e. The molecule has 1 saturated heterocycles. The van der Waals surface area contributed by atoms with E-state index < -0.39 is 5.91 Å². The van der Waals surface area contributed by atoms with Gasteiger partial charge >= 0.3 is 0 Å². The van der Waals surface area contributed by atoms with Gasteiger partial charge < -0.3 is 26.2 Å². The average Bonchev–Trinajstić information content (AvgIpc) is 3.28. The lowest BCUT2D eigenvalue weighted by Gasteiger charge is -2.27. The number of primary amides is 1. The SMILES string of the molecule is Cc1ccc(C(N)=O)cc1Nc1nc(N[C@H]2CCN(c3ccccc3)C2)nc(N(C)CC(C)(C)C)n1. The van der Waals surface area contributed by atoms with Gasteiger partial charge in [0.25, 0.3) is 0 Å². The van der Waals surface area contributed by atoms with Crippen molar-refractivity contribution in [3.05, 3.63) is 59.7 Å². The third-order valence-electron chi connectivity index (χ3n) is 6.09. The highest BCUT2D eigenvalue weighted by Crippen LogP contribution is 2.25. The first-order valence-corrected chi connectivity index (χ1v) is 12.3. The van der Waals surface area contributed by atoms with Gasteiger partial charge in [-0.25, -0.2) is 0 Å². The maximum Gasteiger partial charge on any atom is 0.248 e. The van der Waals surface area contributed by atoms with Crippen LogP contribution in [0.3, 0.4) is 0 Å². The van der Waals surface area contributed by atoms with E-state index in [9.17, 15) is 4.79 Å². The molecule has 0 unspecified atom stereocenters. The van der Waals surface area contributed by atoms with Crippen molar-refractivity contribution in [3.63, 3.8) is 0 Å². The standard InChI is InChI=1S/C27H36N8O/c1-18-11-12-19(23(28)36)15-22(18)30-25-31-24(32-26(33-25)34(5)17-27(2,3)4)29-20-13-14-35(16-20)21-9-7-6-8-10-21/h6-12,15,20H,13-14,16-17H2,1-5H3,(H2,28,36)(H2,29,30,31,32,33)/t20-/m0/s1. The first-order valence-electron chi connectivity index (χ1n) is 12.3. The van der Waals surface area contributed by atoms with Crippen LogP contribution in [0.5, 0.6) is 0 Å². The number of nitrogens with two attached hydrogens (primary N) is 1. The van der Waals surface area contributed by atoms with Crippen LogP contribution < -0.4 is 26.2 Å². The minimum absolute atomic E-state index is 0.0661. The van der Waals surface area contributed by atoms with Crippen LogP contribution in [0.1, 0.15) is 43.1 Å². The molecule has 0 aliphatic carbocycles. The summed E-state index contributed by atoms with van der Waals surface area (Å²) in [6.45, 7) is 11.1. The molecule has 0 bridgehead atoms. The molecule has 2 aromatic carbocycles. The van der Waals surface area contributed by atoms with E-state index in [0.29, 0.717) is 23.4 Å². The number of nitrogens with one attached hydrogen (secondary N) is 2. The number of benzene rings is 2. The Morgan fingerprint density at radius 1 is 1.11 bits per heavy atom. The van der Waals surface area contributed by atoms with E-state index in [1.807, 2.05) is 31.0 Å². The summed E-state index contributed by atoms with van der Waals surface area (Å²) in [6.07, 6.45) is 0.982. The van der Waals surface area contributed by atoms with Gasteiger partial charge in [-0.15, -0.1) is 0 Å². The molecule has 9 heteroatoms. The first-order chi connectivity index (χ1) is 17.1. The third kappa shape index (κ3) is 6.41. The van der Waals surface area contributed by atoms with Crippen molar-refractivity contribution >= 4 is 35.1 Å². The highest BCUT2D eigenvalue weighted by atomic mass is 16.1. The fraction of sp³-hybridized carbons (Fsp3) is 0.407. The molecule has 1 aliphatic heterocycles. The van der Waals surface area contributed by atoms with Crippen molar-refractivity contribution in [1.29, 1.82) is 0 Å². The number of anilines is 5. The highest BCUT2D eigenvalue weighted by molar-refractivity contribution is 5.94. The van der Waals surface area contributed by atoms with E-state index in [4.69, 9.17) is 15.7 Å². The molecule has 0 saturated carbocycles. The van der Waals surface area contributed by atoms with Crippen molar-refractivity contribution in [2.45, 2.75) is 40.2 Å². The van der Waals surface area contributed by atoms with E-state index in [1.165, 1.54) is 5.69 Å². The van der Waals surface area contributed by atoms with E-state index in [2.05, 4.69) is 65.6 Å². The first kappa shape index (κ1) is 25.2. The second kappa shape index (κ2) is 10.4. The predicted octanol–water partition coefficient (Wildman–Crippen LogP) is 4.20. The van der Waals surface area contributed by atoms with E-state index in [0.717, 1.165) is 37.3 Å². The van der Waals surface area contributed by atoms with Crippen molar-refractivity contribution in [2.24, 2.45) is 11.1 Å². The second-order valence-electron chi connectivity index (χ2n) is 10.6. The molecular weight excluding hydrogens is 452 g/mol. The molecule has 1 aromatic heterocycles. The van der Waals surface area contributed by atoms with Crippen LogP contribution in [0, 0.1) is 12.3 Å². The van der Waals surface area contributed by atoms with Gasteiger partial charge in [-0.3, -0.25) is 4.79 Å². The minimum Gasteiger partial charge on any atom is -0.369 e. The normalized spacial score (nSPS) is 15.6. The molecule has 0 radical (unpaired) electrons. The van der Waals surface area contributed by atoms with Crippen molar-refractivity contribution < 1.29 is 4.79 Å². The maximum atomic E-state index is 11.7. The number of aryl methyl sites for hydroxylation is 1. The quantitative estimate of drug-likeness (QED) is 0.433. The molecule has 4 N–H and O–H groups in total. The summed E-state index contributed by atoms with van der Waals surface area (Å²) in [5.41, 5.74) is 8.87. The Balaban J connectivity index is 1.59. The Kier molecular flexibility index (Phi) is 7.28. The number of carbonyl (C=O) groups is 1. The topological polar surface area (TPSA) is 112 Å². The van der Waals surface area contributed by atoms with Crippen LogP contribution in [-0.4, -0.2) is 53.6 Å². The summed E-state index contributed by atoms with van der Waals surface area (Å²) in [6, 6.07) is 15.9. The third-order valence-corrected chi connectivity index (χ3v) is 6.09. The summed E-state index contributed by atoms with van der Waals surface area (Å²) < 4.78 is 0. The van der Waals surface area contributed by atoms with Crippen LogP contribution in [0.4, 0.5) is 29.2 Å². The lowest BCUT2D eigenvalue weighted by Crippen LogP contribution is -2.31. The number of carbonyl (C=O) groups excluding carboxylic acids is 1. The summed E-state index contributed by atoms with van der Waals surface area (Å²) in [5.74, 6) is 1.02. The van der Waals surface area contributed by atoms with E-state index in [-0.39, 0.29) is 11.5 Å². The Hall–Kier alpha value is -3.88. The van der Waals surface area contributed by atoms with Gasteiger partial charge in [0.05, 0.1) is 0 Å². The number of aromatic nitrogens is 3. The number of nitrogens with zero attached hydrogens (tertiary/aromatic N) is 5. The van der Waals surface area contributed by atoms with E-state index >= 15 is 0 Å². The number of amides is 1. The summed E-state index contributed by atoms with van der Waals surface area (Å²) >= 11 is 0. The Morgan fingerprint density at radius 3 is 2.53 bits per heavy atom. The fourth-order valence-corrected chi connectivity index (χ4v) is 4.40. The Morgan fingerprint density at radius 2 is 1.83 bits per heavy atom. The predicted molar refractivity (Wildman–Crippen MR) is 146 cm³/mol. The summed E-state index contributed by atoms with van der Waals surface area (Å²) in [5, 5.41) is 6.80. The smallest absolute Gasteiger partial charge is 0.248 e. The van der Waals surface area contributed by atoms with Gasteiger partial charge in [0.15, 0.2) is 0 Å². The Bertz CT molecular complexity index is 1210. The van der Waals surface area contributed by atoms with Gasteiger partial charge in [-0.05, 0) is 48.6 Å². The van der Waals surface area contributed by atoms with Gasteiger partial charge in [0.2, 0.25) is 23.8 Å². The molecule has 1 amide bonds. The second-order valence-corrected chi connectivity index (χ2v) is 10.6. The minimum atomic E-state index is -0.481. The van der Waals surface area contributed by atoms with Gasteiger partial charge in [-0.1, -0.05) is 45.0 Å². The lowest BCUT2D eigenvalue weighted by molar-refractivity contribution is 0.100. The monoisotopic (exact) mass is 488 g/mol. The van der Waals surface area contributed by atoms with Crippen LogP contribution in [0.2, 0.25) is 0 Å². The lowest BCUT2D eigenvalue weighted by atomic mass is 9.96. The van der Waals surface area contributed by atoms with Gasteiger partial charge in [0, 0.05) is 49.7 Å². The van der Waals surface area contributed by atoms with Crippen LogP contribution in [-0.2, 0) is 0 Å². The number of hydrogen-bond acceptors (Lipinski definition) is 8. The van der Waals surface area contributed by atoms with E-state index in [1.54, 1.807) is 12.1 Å².